The minimum Gasteiger partial charge on any atom is -0.352 e. The normalized spacial score (nSPS) is 12.2. The summed E-state index contributed by atoms with van der Waals surface area (Å²) in [6.07, 6.45) is 0. The molecule has 0 aliphatic heterocycles. The third kappa shape index (κ3) is 7.11. The van der Waals surface area contributed by atoms with Gasteiger partial charge in [-0.15, -0.1) is 0 Å². The van der Waals surface area contributed by atoms with Gasteiger partial charge in [-0.1, -0.05) is 71.8 Å². The zero-order valence-electron chi connectivity index (χ0n) is 21.4. The number of nitrogens with zero attached hydrogens (tertiary/aromatic N) is 2. The fourth-order valence-electron chi connectivity index (χ4n) is 3.88. The topological polar surface area (TPSA) is 86.8 Å². The second-order valence-electron chi connectivity index (χ2n) is 9.13. The van der Waals surface area contributed by atoms with E-state index < -0.39 is 28.5 Å². The first kappa shape index (κ1) is 28.2. The van der Waals surface area contributed by atoms with Crippen LogP contribution in [0, 0.1) is 6.92 Å². The summed E-state index contributed by atoms with van der Waals surface area (Å²) < 4.78 is 28.4. The molecule has 0 radical (unpaired) electrons. The molecule has 37 heavy (non-hydrogen) atoms. The van der Waals surface area contributed by atoms with Crippen LogP contribution in [0.15, 0.2) is 83.8 Å². The molecule has 3 aromatic carbocycles. The summed E-state index contributed by atoms with van der Waals surface area (Å²) in [4.78, 5) is 28.2. The smallest absolute Gasteiger partial charge is 0.264 e. The van der Waals surface area contributed by atoms with Crippen molar-refractivity contribution in [2.45, 2.75) is 51.2 Å². The van der Waals surface area contributed by atoms with Gasteiger partial charge in [0.25, 0.3) is 10.0 Å². The van der Waals surface area contributed by atoms with Crippen LogP contribution in [-0.4, -0.2) is 43.8 Å². The summed E-state index contributed by atoms with van der Waals surface area (Å²) >= 11 is 6.40. The lowest BCUT2D eigenvalue weighted by molar-refractivity contribution is -0.139. The number of para-hydroxylation sites is 1. The van der Waals surface area contributed by atoms with Crippen molar-refractivity contribution in [1.82, 2.24) is 10.2 Å². The molecule has 1 unspecified atom stereocenters. The van der Waals surface area contributed by atoms with E-state index in [1.807, 2.05) is 45.0 Å². The molecule has 0 bridgehead atoms. The fourth-order valence-corrected chi connectivity index (χ4v) is 5.62. The van der Waals surface area contributed by atoms with Crippen molar-refractivity contribution in [1.29, 1.82) is 0 Å². The third-order valence-electron chi connectivity index (χ3n) is 5.76. The minimum atomic E-state index is -4.15. The van der Waals surface area contributed by atoms with Crippen molar-refractivity contribution < 1.29 is 18.0 Å². The molecule has 3 aromatic rings. The lowest BCUT2D eigenvalue weighted by atomic mass is 10.1. The summed E-state index contributed by atoms with van der Waals surface area (Å²) in [5.74, 6) is -0.862. The minimum absolute atomic E-state index is 0.0264. The summed E-state index contributed by atoms with van der Waals surface area (Å²) in [5, 5.41) is 3.03. The number of benzene rings is 3. The molecule has 0 fully saturated rings. The van der Waals surface area contributed by atoms with Gasteiger partial charge in [0.05, 0.1) is 15.6 Å². The largest absolute Gasteiger partial charge is 0.352 e. The summed E-state index contributed by atoms with van der Waals surface area (Å²) in [6.45, 7) is 6.85. The summed E-state index contributed by atoms with van der Waals surface area (Å²) in [5.41, 5.74) is 2.01. The standard InChI is InChI=1S/C28H32ClN3O4S/c1-20(2)30-28(34)22(4)31(18-23-12-10-11-21(3)17-23)27(33)19-32(26-16-9-8-15-25(26)29)37(35,36)24-13-6-5-7-14-24/h5-17,20,22H,18-19H2,1-4H3,(H,30,34). The van der Waals surface area contributed by atoms with Crippen LogP contribution in [0.3, 0.4) is 0 Å². The van der Waals surface area contributed by atoms with Gasteiger partial charge < -0.3 is 10.2 Å². The number of halogens is 1. The molecule has 0 saturated heterocycles. The van der Waals surface area contributed by atoms with Gasteiger partial charge in [-0.2, -0.15) is 0 Å². The molecule has 0 aromatic heterocycles. The molecule has 0 saturated carbocycles. The summed E-state index contributed by atoms with van der Waals surface area (Å²) in [6, 6.07) is 21.0. The molecule has 1 atom stereocenters. The molecule has 196 valence electrons. The summed E-state index contributed by atoms with van der Waals surface area (Å²) in [7, 11) is -4.15. The Morgan fingerprint density at radius 3 is 2.19 bits per heavy atom. The third-order valence-corrected chi connectivity index (χ3v) is 7.86. The Hall–Kier alpha value is -3.36. The van der Waals surface area contributed by atoms with E-state index in [0.29, 0.717) is 0 Å². The second kappa shape index (κ2) is 12.3. The van der Waals surface area contributed by atoms with Crippen LogP contribution in [0.2, 0.25) is 5.02 Å². The Balaban J connectivity index is 2.03. The Morgan fingerprint density at radius 2 is 1.57 bits per heavy atom. The number of nitrogens with one attached hydrogen (secondary N) is 1. The number of carbonyl (C=O) groups is 2. The van der Waals surface area contributed by atoms with E-state index in [4.69, 9.17) is 11.6 Å². The number of sulfonamides is 1. The number of amides is 2. The van der Waals surface area contributed by atoms with Gasteiger partial charge in [0.1, 0.15) is 12.6 Å². The molecular weight excluding hydrogens is 510 g/mol. The van der Waals surface area contributed by atoms with Gasteiger partial charge in [0.15, 0.2) is 0 Å². The first-order valence-corrected chi connectivity index (χ1v) is 13.8. The number of hydrogen-bond donors (Lipinski definition) is 1. The van der Waals surface area contributed by atoms with Crippen molar-refractivity contribution >= 4 is 39.1 Å². The monoisotopic (exact) mass is 541 g/mol. The van der Waals surface area contributed by atoms with Gasteiger partial charge in [0.2, 0.25) is 11.8 Å². The van der Waals surface area contributed by atoms with Crippen LogP contribution in [0.5, 0.6) is 0 Å². The van der Waals surface area contributed by atoms with Crippen molar-refractivity contribution in [3.05, 3.63) is 95.0 Å². The fraction of sp³-hybridized carbons (Fsp3) is 0.286. The van der Waals surface area contributed by atoms with E-state index in [2.05, 4.69) is 5.32 Å². The van der Waals surface area contributed by atoms with E-state index in [-0.39, 0.29) is 34.1 Å². The van der Waals surface area contributed by atoms with Gasteiger partial charge in [-0.3, -0.25) is 13.9 Å². The predicted octanol–water partition coefficient (Wildman–Crippen LogP) is 4.79. The molecular formula is C28H32ClN3O4S. The van der Waals surface area contributed by atoms with Gasteiger partial charge >= 0.3 is 0 Å². The Morgan fingerprint density at radius 1 is 0.919 bits per heavy atom. The van der Waals surface area contributed by atoms with Gasteiger partial charge in [0, 0.05) is 12.6 Å². The number of anilines is 1. The quantitative estimate of drug-likeness (QED) is 0.400. The Bertz CT molecular complexity index is 1350. The van der Waals surface area contributed by atoms with E-state index in [9.17, 15) is 18.0 Å². The van der Waals surface area contributed by atoms with E-state index >= 15 is 0 Å². The number of hydrogen-bond acceptors (Lipinski definition) is 4. The van der Waals surface area contributed by atoms with Gasteiger partial charge in [-0.25, -0.2) is 8.42 Å². The molecule has 7 nitrogen and oxygen atoms in total. The lowest BCUT2D eigenvalue weighted by Crippen LogP contribution is -2.52. The van der Waals surface area contributed by atoms with Crippen molar-refractivity contribution in [2.75, 3.05) is 10.8 Å². The molecule has 3 rings (SSSR count). The SMILES string of the molecule is Cc1cccc(CN(C(=O)CN(c2ccccc2Cl)S(=O)(=O)c2ccccc2)C(C)C(=O)NC(C)C)c1. The second-order valence-corrected chi connectivity index (χ2v) is 11.4. The average molecular weight is 542 g/mol. The Kier molecular flexibility index (Phi) is 9.34. The van der Waals surface area contributed by atoms with Crippen LogP contribution in [0.4, 0.5) is 5.69 Å². The van der Waals surface area contributed by atoms with Crippen LogP contribution >= 0.6 is 11.6 Å². The maximum absolute atomic E-state index is 13.8. The average Bonchev–Trinajstić information content (AvgIpc) is 2.86. The molecule has 9 heteroatoms. The van der Waals surface area contributed by atoms with Crippen molar-refractivity contribution in [3.8, 4) is 0 Å². The van der Waals surface area contributed by atoms with E-state index in [1.54, 1.807) is 49.4 Å². The van der Waals surface area contributed by atoms with Crippen molar-refractivity contribution in [3.63, 3.8) is 0 Å². The van der Waals surface area contributed by atoms with Crippen molar-refractivity contribution in [2.24, 2.45) is 0 Å². The van der Waals surface area contributed by atoms with Crippen LogP contribution in [0.1, 0.15) is 31.9 Å². The van der Waals surface area contributed by atoms with E-state index in [1.165, 1.54) is 17.0 Å². The highest BCUT2D eigenvalue weighted by atomic mass is 35.5. The number of aryl methyl sites for hydroxylation is 1. The van der Waals surface area contributed by atoms with Crippen LogP contribution in [0.25, 0.3) is 0 Å². The molecule has 0 spiro atoms. The molecule has 2 amide bonds. The van der Waals surface area contributed by atoms with E-state index in [0.717, 1.165) is 15.4 Å². The number of rotatable bonds is 10. The zero-order chi connectivity index (χ0) is 27.2. The lowest BCUT2D eigenvalue weighted by Gasteiger charge is -2.32. The maximum Gasteiger partial charge on any atom is 0.264 e. The first-order valence-electron chi connectivity index (χ1n) is 12.0. The molecule has 0 aliphatic carbocycles. The maximum atomic E-state index is 13.8. The molecule has 0 aliphatic rings. The zero-order valence-corrected chi connectivity index (χ0v) is 23.0. The molecule has 0 heterocycles. The highest BCUT2D eigenvalue weighted by Gasteiger charge is 2.33. The predicted molar refractivity (Wildman–Crippen MR) is 147 cm³/mol. The highest BCUT2D eigenvalue weighted by Crippen LogP contribution is 2.30. The van der Waals surface area contributed by atoms with Crippen LogP contribution in [-0.2, 0) is 26.2 Å². The highest BCUT2D eigenvalue weighted by molar-refractivity contribution is 7.92. The van der Waals surface area contributed by atoms with Crippen LogP contribution < -0.4 is 9.62 Å². The van der Waals surface area contributed by atoms with Gasteiger partial charge in [-0.05, 0) is 57.5 Å². The first-order chi connectivity index (χ1) is 17.5. The Labute approximate surface area is 224 Å². The number of carbonyl (C=O) groups excluding carboxylic acids is 2. The molecule has 1 N–H and O–H groups in total.